The standard InChI is InChI=1S/C16H24N2O2.ClH/c1-16(2,15(19)18-11-12-9-17-10-12)8-13-6-4-5-7-14(13)20-3;/h4-7,12,17H,8-11H2,1-3H3,(H,18,19);1H. The molecule has 0 atom stereocenters. The van der Waals surface area contributed by atoms with Crippen LogP contribution in [0.5, 0.6) is 5.75 Å². The Morgan fingerprint density at radius 2 is 2.05 bits per heavy atom. The summed E-state index contributed by atoms with van der Waals surface area (Å²) in [5.41, 5.74) is 0.631. The molecule has 21 heavy (non-hydrogen) atoms. The topological polar surface area (TPSA) is 50.4 Å². The minimum absolute atomic E-state index is 0. The molecule has 1 aliphatic heterocycles. The highest BCUT2D eigenvalue weighted by molar-refractivity contribution is 5.85. The highest BCUT2D eigenvalue weighted by Gasteiger charge is 2.29. The van der Waals surface area contributed by atoms with Crippen molar-refractivity contribution in [3.05, 3.63) is 29.8 Å². The van der Waals surface area contributed by atoms with E-state index in [-0.39, 0.29) is 18.3 Å². The van der Waals surface area contributed by atoms with Gasteiger partial charge in [-0.3, -0.25) is 4.79 Å². The van der Waals surface area contributed by atoms with Crippen molar-refractivity contribution < 1.29 is 9.53 Å². The predicted octanol–water partition coefficient (Wildman–Crippen LogP) is 2.02. The Morgan fingerprint density at radius 1 is 1.38 bits per heavy atom. The number of nitrogens with one attached hydrogen (secondary N) is 2. The molecule has 5 heteroatoms. The van der Waals surface area contributed by atoms with Crippen LogP contribution in [-0.4, -0.2) is 32.7 Å². The Kier molecular flexibility index (Phi) is 6.49. The fraction of sp³-hybridized carbons (Fsp3) is 0.562. The first-order valence-corrected chi connectivity index (χ1v) is 7.14. The highest BCUT2D eigenvalue weighted by atomic mass is 35.5. The number of amides is 1. The van der Waals surface area contributed by atoms with E-state index in [0.717, 1.165) is 30.9 Å². The van der Waals surface area contributed by atoms with E-state index in [9.17, 15) is 4.79 Å². The zero-order valence-corrected chi connectivity index (χ0v) is 13.8. The Morgan fingerprint density at radius 3 is 2.62 bits per heavy atom. The molecule has 1 aliphatic rings. The number of carbonyl (C=O) groups excluding carboxylic acids is 1. The van der Waals surface area contributed by atoms with E-state index in [1.54, 1.807) is 7.11 Å². The second-order valence-corrected chi connectivity index (χ2v) is 6.11. The van der Waals surface area contributed by atoms with E-state index in [4.69, 9.17) is 4.74 Å². The average molecular weight is 313 g/mol. The number of ether oxygens (including phenoxy) is 1. The molecular weight excluding hydrogens is 288 g/mol. The number of hydrogen-bond acceptors (Lipinski definition) is 3. The predicted molar refractivity (Wildman–Crippen MR) is 87.1 cm³/mol. The molecule has 0 spiro atoms. The van der Waals surface area contributed by atoms with E-state index in [2.05, 4.69) is 10.6 Å². The van der Waals surface area contributed by atoms with Crippen LogP contribution in [0.15, 0.2) is 24.3 Å². The van der Waals surface area contributed by atoms with Crippen LogP contribution in [0.25, 0.3) is 0 Å². The van der Waals surface area contributed by atoms with Crippen LogP contribution in [-0.2, 0) is 11.2 Å². The molecule has 0 bridgehead atoms. The van der Waals surface area contributed by atoms with Crippen LogP contribution in [0.2, 0.25) is 0 Å². The van der Waals surface area contributed by atoms with Gasteiger partial charge in [-0.05, 0) is 18.1 Å². The number of rotatable bonds is 6. The van der Waals surface area contributed by atoms with Crippen LogP contribution < -0.4 is 15.4 Å². The third-order valence-electron chi connectivity index (χ3n) is 3.86. The van der Waals surface area contributed by atoms with Crippen molar-refractivity contribution >= 4 is 18.3 Å². The maximum absolute atomic E-state index is 12.3. The number of carbonyl (C=O) groups is 1. The number of benzene rings is 1. The molecule has 2 rings (SSSR count). The lowest BCUT2D eigenvalue weighted by atomic mass is 9.84. The molecule has 0 unspecified atom stereocenters. The Hall–Kier alpha value is -1.26. The first-order chi connectivity index (χ1) is 9.53. The molecule has 1 aromatic rings. The Bertz CT molecular complexity index is 473. The third kappa shape index (κ3) is 4.61. The maximum atomic E-state index is 12.3. The lowest BCUT2D eigenvalue weighted by Gasteiger charge is -2.30. The summed E-state index contributed by atoms with van der Waals surface area (Å²) in [6.07, 6.45) is 0.672. The molecule has 0 aliphatic carbocycles. The molecule has 1 fully saturated rings. The van der Waals surface area contributed by atoms with Gasteiger partial charge in [-0.1, -0.05) is 32.0 Å². The van der Waals surface area contributed by atoms with Crippen LogP contribution in [0.1, 0.15) is 19.4 Å². The van der Waals surface area contributed by atoms with Gasteiger partial charge in [-0.25, -0.2) is 0 Å². The minimum Gasteiger partial charge on any atom is -0.496 e. The number of hydrogen-bond donors (Lipinski definition) is 2. The van der Waals surface area contributed by atoms with Gasteiger partial charge in [-0.15, -0.1) is 12.4 Å². The molecule has 1 heterocycles. The third-order valence-corrected chi connectivity index (χ3v) is 3.86. The van der Waals surface area contributed by atoms with Gasteiger partial charge in [0.05, 0.1) is 7.11 Å². The summed E-state index contributed by atoms with van der Waals surface area (Å²) in [6, 6.07) is 7.87. The lowest BCUT2D eigenvalue weighted by Crippen LogP contribution is -2.50. The first-order valence-electron chi connectivity index (χ1n) is 7.14. The van der Waals surface area contributed by atoms with E-state index in [0.29, 0.717) is 12.3 Å². The van der Waals surface area contributed by atoms with Crippen molar-refractivity contribution in [1.82, 2.24) is 10.6 Å². The highest BCUT2D eigenvalue weighted by Crippen LogP contribution is 2.28. The summed E-state index contributed by atoms with van der Waals surface area (Å²) in [6.45, 7) is 6.74. The molecular formula is C16H25ClN2O2. The van der Waals surface area contributed by atoms with Crippen molar-refractivity contribution in [3.8, 4) is 5.75 Å². The summed E-state index contributed by atoms with van der Waals surface area (Å²) in [5, 5.41) is 6.27. The number of halogens is 1. The molecule has 1 saturated heterocycles. The van der Waals surface area contributed by atoms with Gasteiger partial charge >= 0.3 is 0 Å². The molecule has 1 amide bonds. The fourth-order valence-electron chi connectivity index (χ4n) is 2.37. The maximum Gasteiger partial charge on any atom is 0.226 e. The van der Waals surface area contributed by atoms with Gasteiger partial charge in [0.25, 0.3) is 0 Å². The second-order valence-electron chi connectivity index (χ2n) is 6.11. The van der Waals surface area contributed by atoms with E-state index in [1.807, 2.05) is 38.1 Å². The van der Waals surface area contributed by atoms with Crippen molar-refractivity contribution in [3.63, 3.8) is 0 Å². The van der Waals surface area contributed by atoms with Gasteiger partial charge < -0.3 is 15.4 Å². The monoisotopic (exact) mass is 312 g/mol. The lowest BCUT2D eigenvalue weighted by molar-refractivity contribution is -0.129. The van der Waals surface area contributed by atoms with Gasteiger partial charge in [0.2, 0.25) is 5.91 Å². The summed E-state index contributed by atoms with van der Waals surface area (Å²) in [5.74, 6) is 1.54. The van der Waals surface area contributed by atoms with Crippen LogP contribution in [0.4, 0.5) is 0 Å². The molecule has 0 radical (unpaired) electrons. The van der Waals surface area contributed by atoms with Crippen molar-refractivity contribution in [2.24, 2.45) is 11.3 Å². The second kappa shape index (κ2) is 7.66. The average Bonchev–Trinajstić information content (AvgIpc) is 2.37. The summed E-state index contributed by atoms with van der Waals surface area (Å²) < 4.78 is 5.36. The minimum atomic E-state index is -0.439. The largest absolute Gasteiger partial charge is 0.496 e. The molecule has 2 N–H and O–H groups in total. The van der Waals surface area contributed by atoms with Gasteiger partial charge in [0, 0.05) is 31.0 Å². The van der Waals surface area contributed by atoms with E-state index >= 15 is 0 Å². The normalized spacial score (nSPS) is 14.8. The van der Waals surface area contributed by atoms with Gasteiger partial charge in [-0.2, -0.15) is 0 Å². The smallest absolute Gasteiger partial charge is 0.226 e. The molecule has 0 aromatic heterocycles. The van der Waals surface area contributed by atoms with Crippen molar-refractivity contribution in [2.45, 2.75) is 20.3 Å². The van der Waals surface area contributed by atoms with Crippen LogP contribution in [0.3, 0.4) is 0 Å². The summed E-state index contributed by atoms with van der Waals surface area (Å²) >= 11 is 0. The van der Waals surface area contributed by atoms with E-state index < -0.39 is 5.41 Å². The van der Waals surface area contributed by atoms with Gasteiger partial charge in [0.1, 0.15) is 5.75 Å². The van der Waals surface area contributed by atoms with Crippen molar-refractivity contribution in [1.29, 1.82) is 0 Å². The summed E-state index contributed by atoms with van der Waals surface area (Å²) in [7, 11) is 1.66. The zero-order valence-electron chi connectivity index (χ0n) is 12.9. The molecule has 118 valence electrons. The number of methoxy groups -OCH3 is 1. The first kappa shape index (κ1) is 17.8. The van der Waals surface area contributed by atoms with Crippen LogP contribution >= 0.6 is 12.4 Å². The van der Waals surface area contributed by atoms with E-state index in [1.165, 1.54) is 0 Å². The summed E-state index contributed by atoms with van der Waals surface area (Å²) in [4.78, 5) is 12.3. The van der Waals surface area contributed by atoms with Gasteiger partial charge in [0.15, 0.2) is 0 Å². The fourth-order valence-corrected chi connectivity index (χ4v) is 2.37. The molecule has 1 aromatic carbocycles. The van der Waals surface area contributed by atoms with Crippen LogP contribution in [0, 0.1) is 11.3 Å². The zero-order chi connectivity index (χ0) is 14.6. The SMILES string of the molecule is COc1ccccc1CC(C)(C)C(=O)NCC1CNC1.Cl. The quantitative estimate of drug-likeness (QED) is 0.845. The van der Waals surface area contributed by atoms with Crippen molar-refractivity contribution in [2.75, 3.05) is 26.7 Å². The Labute approximate surface area is 133 Å². The molecule has 0 saturated carbocycles. The number of para-hydroxylation sites is 1. The Balaban J connectivity index is 0.00000220. The molecule has 4 nitrogen and oxygen atoms in total.